The molecule has 0 heterocycles. The number of carbonyl (C=O) groups excluding carboxylic acids is 1. The van der Waals surface area contributed by atoms with Crippen molar-refractivity contribution in [3.63, 3.8) is 0 Å². The van der Waals surface area contributed by atoms with E-state index in [4.69, 9.17) is 0 Å². The fourth-order valence-electron chi connectivity index (χ4n) is 0. The molecule has 0 saturated heterocycles. The zero-order chi connectivity index (χ0) is 4.28. The average molecular weight is 120 g/mol. The maximum atomic E-state index is 9.64. The van der Waals surface area contributed by atoms with Crippen LogP contribution in [0.4, 0.5) is 0 Å². The molecule has 1 nitrogen and oxygen atoms in total. The van der Waals surface area contributed by atoms with Crippen LogP contribution in [0.5, 0.6) is 0 Å². The molecular weight excluding hydrogens is 115 g/mol. The molecule has 0 aliphatic carbocycles. The van der Waals surface area contributed by atoms with E-state index in [9.17, 15) is 4.79 Å². The maximum absolute atomic E-state index is 9.64. The Balaban J connectivity index is 0. The fourth-order valence-corrected chi connectivity index (χ4v) is 0. The van der Waals surface area contributed by atoms with Gasteiger partial charge in [0.05, 0.1) is 0 Å². The summed E-state index contributed by atoms with van der Waals surface area (Å²) in [4.78, 5) is 9.64. The molecule has 0 aliphatic rings. The second-order valence-electron chi connectivity index (χ2n) is 0.733. The molecule has 0 unspecified atom stereocenters. The standard InChI is InChI=1S/C4H5O.V/c1-3-4(2)5;/h1H2,2H3;/q-1;. The third-order valence-corrected chi connectivity index (χ3v) is 0.249. The van der Waals surface area contributed by atoms with E-state index >= 15 is 0 Å². The summed E-state index contributed by atoms with van der Waals surface area (Å²) in [6, 6.07) is 0. The number of carbonyl (C=O) groups is 1. The second kappa shape index (κ2) is 4.99. The number of rotatable bonds is 1. The van der Waals surface area contributed by atoms with Gasteiger partial charge in [0.25, 0.3) is 0 Å². The van der Waals surface area contributed by atoms with E-state index in [0.717, 1.165) is 0 Å². The summed E-state index contributed by atoms with van der Waals surface area (Å²) in [5.41, 5.74) is 0. The van der Waals surface area contributed by atoms with E-state index < -0.39 is 0 Å². The topological polar surface area (TPSA) is 17.1 Å². The van der Waals surface area contributed by atoms with Crippen molar-refractivity contribution in [3.8, 4) is 0 Å². The van der Waals surface area contributed by atoms with E-state index in [2.05, 4.69) is 12.7 Å². The van der Waals surface area contributed by atoms with Gasteiger partial charge in [0.1, 0.15) is 0 Å². The van der Waals surface area contributed by atoms with Crippen LogP contribution in [0.1, 0.15) is 6.92 Å². The predicted octanol–water partition coefficient (Wildman–Crippen LogP) is 0.562. The van der Waals surface area contributed by atoms with Gasteiger partial charge in [-0.1, -0.05) is 0 Å². The van der Waals surface area contributed by atoms with Gasteiger partial charge in [-0.15, -0.1) is 0 Å². The van der Waals surface area contributed by atoms with E-state index in [0.29, 0.717) is 0 Å². The SMILES string of the molecule is C=[C-]C(C)=O.[V]. The van der Waals surface area contributed by atoms with E-state index in [1.54, 1.807) is 0 Å². The smallest absolute Gasteiger partial charge is 0 e. The minimum Gasteiger partial charge on any atom is -0.435 e. The van der Waals surface area contributed by atoms with Crippen LogP contribution >= 0.6 is 0 Å². The number of allylic oxidation sites excluding steroid dienone is 1. The molecule has 0 fully saturated rings. The Bertz CT molecular complexity index is 58.6. The van der Waals surface area contributed by atoms with Crippen molar-refractivity contribution in [2.24, 2.45) is 0 Å². The van der Waals surface area contributed by atoms with Crippen LogP contribution in [0.3, 0.4) is 0 Å². The minimum atomic E-state index is -0.106. The van der Waals surface area contributed by atoms with Gasteiger partial charge in [-0.25, -0.2) is 0 Å². The molecule has 33 valence electrons. The molecule has 0 spiro atoms. The third kappa shape index (κ3) is 9.00. The number of ketones is 1. The molecule has 6 heavy (non-hydrogen) atoms. The minimum absolute atomic E-state index is 0. The van der Waals surface area contributed by atoms with Crippen LogP contribution in [-0.2, 0) is 23.4 Å². The maximum Gasteiger partial charge on any atom is 0 e. The summed E-state index contributed by atoms with van der Waals surface area (Å²) >= 11 is 0. The fraction of sp³-hybridized carbons (Fsp3) is 0.250. The molecular formula is C4H5OV-. The third-order valence-electron chi connectivity index (χ3n) is 0.249. The van der Waals surface area contributed by atoms with Crippen LogP contribution in [0.25, 0.3) is 0 Å². The molecule has 0 aliphatic heterocycles. The van der Waals surface area contributed by atoms with Gasteiger partial charge < -0.3 is 10.9 Å². The molecule has 0 N–H and O–H groups in total. The Kier molecular flexibility index (Phi) is 7.80. The van der Waals surface area contributed by atoms with Gasteiger partial charge in [0.2, 0.25) is 0 Å². The predicted molar refractivity (Wildman–Crippen MR) is 19.6 cm³/mol. The number of hydrogen-bond donors (Lipinski definition) is 0. The summed E-state index contributed by atoms with van der Waals surface area (Å²) in [5, 5.41) is 0. The molecule has 0 aromatic rings. The van der Waals surface area contributed by atoms with Gasteiger partial charge in [0.15, 0.2) is 0 Å². The first-order valence-electron chi connectivity index (χ1n) is 1.31. The summed E-state index contributed by atoms with van der Waals surface area (Å²) in [6.45, 7) is 4.50. The van der Waals surface area contributed by atoms with Gasteiger partial charge in [-0.2, -0.15) is 0 Å². The molecule has 0 saturated carbocycles. The van der Waals surface area contributed by atoms with E-state index in [1.165, 1.54) is 6.92 Å². The van der Waals surface area contributed by atoms with E-state index in [1.807, 2.05) is 0 Å². The van der Waals surface area contributed by atoms with Gasteiger partial charge in [-0.3, -0.25) is 6.58 Å². The second-order valence-corrected chi connectivity index (χ2v) is 0.733. The first-order chi connectivity index (χ1) is 2.27. The zero-order valence-electron chi connectivity index (χ0n) is 3.56. The Labute approximate surface area is 49.3 Å². The van der Waals surface area contributed by atoms with Crippen LogP contribution in [0.2, 0.25) is 0 Å². The normalized spacial score (nSPS) is 5.50. The Morgan fingerprint density at radius 2 is 2.00 bits per heavy atom. The van der Waals surface area contributed by atoms with Crippen molar-refractivity contribution in [2.75, 3.05) is 0 Å². The van der Waals surface area contributed by atoms with Crippen LogP contribution < -0.4 is 0 Å². The number of Topliss-reactive ketones (excluding diaryl/α,β-unsaturated/α-hetero) is 1. The Morgan fingerprint density at radius 1 is 1.83 bits per heavy atom. The summed E-state index contributed by atoms with van der Waals surface area (Å²) in [5.74, 6) is -0.106. The van der Waals surface area contributed by atoms with Gasteiger partial charge in [0, 0.05) is 18.6 Å². The van der Waals surface area contributed by atoms with Crippen molar-refractivity contribution in [1.82, 2.24) is 0 Å². The summed E-state index contributed by atoms with van der Waals surface area (Å²) in [6.07, 6.45) is 2.14. The largest absolute Gasteiger partial charge is 0.435 e. The Morgan fingerprint density at radius 3 is 2.00 bits per heavy atom. The van der Waals surface area contributed by atoms with Crippen LogP contribution in [0, 0.1) is 6.08 Å². The molecule has 0 amide bonds. The van der Waals surface area contributed by atoms with Crippen LogP contribution in [-0.4, -0.2) is 5.78 Å². The molecule has 0 atom stereocenters. The number of hydrogen-bond acceptors (Lipinski definition) is 1. The Hall–Kier alpha value is -0.00558. The molecule has 0 rings (SSSR count). The van der Waals surface area contributed by atoms with E-state index in [-0.39, 0.29) is 24.3 Å². The summed E-state index contributed by atoms with van der Waals surface area (Å²) in [7, 11) is 0. The molecule has 0 bridgehead atoms. The van der Waals surface area contributed by atoms with Gasteiger partial charge in [-0.05, 0) is 12.7 Å². The first-order valence-corrected chi connectivity index (χ1v) is 1.31. The van der Waals surface area contributed by atoms with Crippen molar-refractivity contribution in [3.05, 3.63) is 12.7 Å². The van der Waals surface area contributed by atoms with Crippen molar-refractivity contribution >= 4 is 5.78 Å². The van der Waals surface area contributed by atoms with Crippen LogP contribution in [0.15, 0.2) is 6.58 Å². The van der Waals surface area contributed by atoms with Crippen molar-refractivity contribution < 1.29 is 23.4 Å². The molecule has 0 aromatic carbocycles. The first kappa shape index (κ1) is 9.37. The zero-order valence-corrected chi connectivity index (χ0v) is 4.96. The average Bonchev–Trinajstić information content (AvgIpc) is 1.38. The quantitative estimate of drug-likeness (QED) is 0.365. The molecule has 2 heteroatoms. The molecule has 1 radical (unpaired) electrons. The van der Waals surface area contributed by atoms with Crippen molar-refractivity contribution in [1.29, 1.82) is 0 Å². The monoisotopic (exact) mass is 120 g/mol. The molecule has 0 aromatic heterocycles. The summed E-state index contributed by atoms with van der Waals surface area (Å²) < 4.78 is 0. The van der Waals surface area contributed by atoms with Gasteiger partial charge >= 0.3 is 0 Å². The van der Waals surface area contributed by atoms with Crippen molar-refractivity contribution in [2.45, 2.75) is 6.92 Å².